The highest BCUT2D eigenvalue weighted by Gasteiger charge is 2.37. The van der Waals surface area contributed by atoms with Crippen LogP contribution in [-0.4, -0.2) is 5.78 Å². The zero-order valence-corrected chi connectivity index (χ0v) is 11.9. The molecule has 0 aliphatic carbocycles. The third kappa shape index (κ3) is 3.48. The standard InChI is InChI=1S/C19H14N2O/c20-14-19(15-21,13-17-9-5-2-6-10-17)18(22)12-11-16-7-3-1-4-8-16/h1-12H,13H2. The van der Waals surface area contributed by atoms with Gasteiger partial charge < -0.3 is 0 Å². The van der Waals surface area contributed by atoms with Crippen molar-refractivity contribution in [3.63, 3.8) is 0 Å². The zero-order chi connectivity index (χ0) is 15.8. The Morgan fingerprint density at radius 1 is 0.955 bits per heavy atom. The molecular formula is C19H14N2O. The Morgan fingerprint density at radius 3 is 2.05 bits per heavy atom. The fraction of sp³-hybridized carbons (Fsp3) is 0.105. The minimum atomic E-state index is -1.69. The van der Waals surface area contributed by atoms with Gasteiger partial charge >= 0.3 is 0 Å². The smallest absolute Gasteiger partial charge is 0.209 e. The zero-order valence-electron chi connectivity index (χ0n) is 11.9. The molecule has 0 fully saturated rings. The average Bonchev–Trinajstić information content (AvgIpc) is 2.59. The molecule has 0 atom stereocenters. The first-order valence-electron chi connectivity index (χ1n) is 6.84. The van der Waals surface area contributed by atoms with Gasteiger partial charge in [0, 0.05) is 6.42 Å². The quantitative estimate of drug-likeness (QED) is 0.789. The van der Waals surface area contributed by atoms with Crippen LogP contribution >= 0.6 is 0 Å². The normalized spacial score (nSPS) is 10.8. The van der Waals surface area contributed by atoms with Crippen LogP contribution in [0.15, 0.2) is 66.7 Å². The molecule has 0 unspecified atom stereocenters. The first-order chi connectivity index (χ1) is 10.7. The maximum Gasteiger partial charge on any atom is 0.209 e. The van der Waals surface area contributed by atoms with E-state index in [9.17, 15) is 15.3 Å². The van der Waals surface area contributed by atoms with E-state index in [1.165, 1.54) is 6.08 Å². The molecule has 0 saturated carbocycles. The highest BCUT2D eigenvalue weighted by molar-refractivity contribution is 6.02. The van der Waals surface area contributed by atoms with Gasteiger partial charge in [0.05, 0.1) is 12.1 Å². The summed E-state index contributed by atoms with van der Waals surface area (Å²) in [6.07, 6.45) is 3.01. The molecule has 0 spiro atoms. The highest BCUT2D eigenvalue weighted by atomic mass is 16.1. The van der Waals surface area contributed by atoms with E-state index in [1.54, 1.807) is 18.2 Å². The molecule has 22 heavy (non-hydrogen) atoms. The van der Waals surface area contributed by atoms with Gasteiger partial charge in [-0.1, -0.05) is 66.7 Å². The van der Waals surface area contributed by atoms with Crippen LogP contribution < -0.4 is 0 Å². The van der Waals surface area contributed by atoms with Gasteiger partial charge in [-0.3, -0.25) is 4.79 Å². The van der Waals surface area contributed by atoms with Crippen LogP contribution in [-0.2, 0) is 11.2 Å². The molecule has 0 bridgehead atoms. The number of hydrogen-bond acceptors (Lipinski definition) is 3. The van der Waals surface area contributed by atoms with Crippen LogP contribution in [0.2, 0.25) is 0 Å². The fourth-order valence-electron chi connectivity index (χ4n) is 2.08. The lowest BCUT2D eigenvalue weighted by molar-refractivity contribution is -0.119. The number of rotatable bonds is 5. The van der Waals surface area contributed by atoms with E-state index < -0.39 is 11.2 Å². The summed E-state index contributed by atoms with van der Waals surface area (Å²) >= 11 is 0. The first-order valence-corrected chi connectivity index (χ1v) is 6.84. The predicted octanol–water partition coefficient (Wildman–Crippen LogP) is 3.55. The molecule has 0 saturated heterocycles. The van der Waals surface area contributed by atoms with Gasteiger partial charge in [0.1, 0.15) is 0 Å². The Balaban J connectivity index is 2.24. The fourth-order valence-corrected chi connectivity index (χ4v) is 2.08. The SMILES string of the molecule is N#CC(C#N)(Cc1ccccc1)C(=O)C=Cc1ccccc1. The van der Waals surface area contributed by atoms with Crippen molar-refractivity contribution in [2.24, 2.45) is 5.41 Å². The molecule has 0 aliphatic rings. The van der Waals surface area contributed by atoms with Crippen LogP contribution in [0.5, 0.6) is 0 Å². The molecule has 2 aromatic rings. The first kappa shape index (κ1) is 15.2. The minimum Gasteiger partial charge on any atom is -0.292 e. The Labute approximate surface area is 129 Å². The summed E-state index contributed by atoms with van der Waals surface area (Å²) in [6, 6.07) is 22.2. The highest BCUT2D eigenvalue weighted by Crippen LogP contribution is 2.24. The van der Waals surface area contributed by atoms with Crippen molar-refractivity contribution in [2.45, 2.75) is 6.42 Å². The maximum atomic E-state index is 12.4. The molecular weight excluding hydrogens is 272 g/mol. The second kappa shape index (κ2) is 7.02. The van der Waals surface area contributed by atoms with Crippen LogP contribution in [0.3, 0.4) is 0 Å². The molecule has 2 aromatic carbocycles. The number of ketones is 1. The molecule has 0 radical (unpaired) electrons. The molecule has 2 rings (SSSR count). The summed E-state index contributed by atoms with van der Waals surface area (Å²) in [6.45, 7) is 0. The molecule has 0 aliphatic heterocycles. The van der Waals surface area contributed by atoms with Gasteiger partial charge in [0.2, 0.25) is 5.41 Å². The maximum absolute atomic E-state index is 12.4. The average molecular weight is 286 g/mol. The number of nitrogens with zero attached hydrogens (tertiary/aromatic N) is 2. The van der Waals surface area contributed by atoms with E-state index in [4.69, 9.17) is 0 Å². The Morgan fingerprint density at radius 2 is 1.50 bits per heavy atom. The van der Waals surface area contributed by atoms with Crippen LogP contribution in [0.25, 0.3) is 6.08 Å². The monoisotopic (exact) mass is 286 g/mol. The molecule has 106 valence electrons. The Hall–Kier alpha value is -3.17. The van der Waals surface area contributed by atoms with Crippen molar-refractivity contribution in [3.05, 3.63) is 77.9 Å². The van der Waals surface area contributed by atoms with Crippen molar-refractivity contribution in [1.82, 2.24) is 0 Å². The van der Waals surface area contributed by atoms with Crippen LogP contribution in [0.1, 0.15) is 11.1 Å². The summed E-state index contributed by atoms with van der Waals surface area (Å²) in [5.41, 5.74) is -0.0560. The van der Waals surface area contributed by atoms with Gasteiger partial charge in [-0.05, 0) is 17.2 Å². The number of allylic oxidation sites excluding steroid dienone is 1. The van der Waals surface area contributed by atoms with Gasteiger partial charge in [-0.2, -0.15) is 10.5 Å². The summed E-state index contributed by atoms with van der Waals surface area (Å²) in [5.74, 6) is -0.495. The minimum absolute atomic E-state index is 0.0821. The van der Waals surface area contributed by atoms with Crippen LogP contribution in [0, 0.1) is 28.1 Å². The van der Waals surface area contributed by atoms with E-state index in [0.717, 1.165) is 11.1 Å². The van der Waals surface area contributed by atoms with Crippen LogP contribution in [0.4, 0.5) is 0 Å². The molecule has 3 nitrogen and oxygen atoms in total. The van der Waals surface area contributed by atoms with Crippen molar-refractivity contribution in [3.8, 4) is 12.1 Å². The van der Waals surface area contributed by atoms with E-state index in [-0.39, 0.29) is 6.42 Å². The van der Waals surface area contributed by atoms with E-state index in [2.05, 4.69) is 0 Å². The number of carbonyl (C=O) groups excluding carboxylic acids is 1. The van der Waals surface area contributed by atoms with Crippen molar-refractivity contribution in [1.29, 1.82) is 10.5 Å². The van der Waals surface area contributed by atoms with Gasteiger partial charge in [0.25, 0.3) is 0 Å². The van der Waals surface area contributed by atoms with E-state index in [0.29, 0.717) is 0 Å². The number of benzene rings is 2. The molecule has 3 heteroatoms. The Kier molecular flexibility index (Phi) is 4.85. The summed E-state index contributed by atoms with van der Waals surface area (Å²) in [5, 5.41) is 18.8. The molecule has 0 aromatic heterocycles. The second-order valence-corrected chi connectivity index (χ2v) is 4.90. The predicted molar refractivity (Wildman–Crippen MR) is 84.3 cm³/mol. The van der Waals surface area contributed by atoms with Crippen molar-refractivity contribution in [2.75, 3.05) is 0 Å². The third-order valence-corrected chi connectivity index (χ3v) is 3.34. The summed E-state index contributed by atoms with van der Waals surface area (Å²) in [4.78, 5) is 12.4. The largest absolute Gasteiger partial charge is 0.292 e. The summed E-state index contributed by atoms with van der Waals surface area (Å²) in [7, 11) is 0. The molecule has 0 N–H and O–H groups in total. The number of hydrogen-bond donors (Lipinski definition) is 0. The third-order valence-electron chi connectivity index (χ3n) is 3.34. The number of nitriles is 2. The van der Waals surface area contributed by atoms with Gasteiger partial charge in [0.15, 0.2) is 5.78 Å². The van der Waals surface area contributed by atoms with Crippen molar-refractivity contribution < 1.29 is 4.79 Å². The lowest BCUT2D eigenvalue weighted by Crippen LogP contribution is -2.29. The van der Waals surface area contributed by atoms with E-state index >= 15 is 0 Å². The Bertz CT molecular complexity index is 736. The second-order valence-electron chi connectivity index (χ2n) is 4.90. The summed E-state index contributed by atoms with van der Waals surface area (Å²) < 4.78 is 0. The molecule has 0 amide bonds. The van der Waals surface area contributed by atoms with Gasteiger partial charge in [-0.25, -0.2) is 0 Å². The van der Waals surface area contributed by atoms with Gasteiger partial charge in [-0.15, -0.1) is 0 Å². The topological polar surface area (TPSA) is 64.7 Å². The lowest BCUT2D eigenvalue weighted by Gasteiger charge is -2.15. The van der Waals surface area contributed by atoms with E-state index in [1.807, 2.05) is 60.7 Å². The number of carbonyl (C=O) groups is 1. The molecule has 0 heterocycles. The van der Waals surface area contributed by atoms with Crippen molar-refractivity contribution >= 4 is 11.9 Å². The lowest BCUT2D eigenvalue weighted by atomic mass is 9.80.